The summed E-state index contributed by atoms with van der Waals surface area (Å²) in [6.07, 6.45) is 0. The molecule has 92 valence electrons. The van der Waals surface area contributed by atoms with Crippen molar-refractivity contribution in [2.24, 2.45) is 12.8 Å². The Labute approximate surface area is 103 Å². The quantitative estimate of drug-likeness (QED) is 0.871. The van der Waals surface area contributed by atoms with Crippen molar-refractivity contribution in [2.75, 3.05) is 20.1 Å². The fraction of sp³-hybridized carbons (Fsp3) is 0.429. The van der Waals surface area contributed by atoms with Crippen LogP contribution in [0.15, 0.2) is 24.3 Å². The van der Waals surface area contributed by atoms with Crippen molar-refractivity contribution in [1.29, 1.82) is 0 Å². The fourth-order valence-electron chi connectivity index (χ4n) is 2.37. The lowest BCUT2D eigenvalue weighted by Gasteiger charge is -2.15. The Kier molecular flexibility index (Phi) is 3.50. The van der Waals surface area contributed by atoms with Crippen molar-refractivity contribution >= 4 is 10.9 Å². The number of hydrogen-bond acceptors (Lipinski definition) is 2. The Morgan fingerprint density at radius 2 is 2.00 bits per heavy atom. The summed E-state index contributed by atoms with van der Waals surface area (Å²) in [7, 11) is 4.25. The first-order valence-electron chi connectivity index (χ1n) is 6.06. The minimum atomic E-state index is 0.709. The molecule has 1 aromatic carbocycles. The van der Waals surface area contributed by atoms with E-state index >= 15 is 0 Å². The monoisotopic (exact) mass is 231 g/mol. The second kappa shape index (κ2) is 4.90. The van der Waals surface area contributed by atoms with Crippen molar-refractivity contribution in [3.05, 3.63) is 35.5 Å². The summed E-state index contributed by atoms with van der Waals surface area (Å²) in [4.78, 5) is 2.27. The van der Waals surface area contributed by atoms with Crippen LogP contribution in [0, 0.1) is 6.92 Å². The van der Waals surface area contributed by atoms with Gasteiger partial charge in [-0.2, -0.15) is 0 Å². The average Bonchev–Trinajstić information content (AvgIpc) is 2.56. The molecule has 0 bridgehead atoms. The predicted molar refractivity (Wildman–Crippen MR) is 73.0 cm³/mol. The summed E-state index contributed by atoms with van der Waals surface area (Å²) < 4.78 is 2.26. The van der Waals surface area contributed by atoms with Gasteiger partial charge in [-0.15, -0.1) is 0 Å². The molecule has 0 aliphatic carbocycles. The summed E-state index contributed by atoms with van der Waals surface area (Å²) in [6.45, 7) is 4.79. The third-order valence-electron chi connectivity index (χ3n) is 3.47. The molecule has 0 amide bonds. The van der Waals surface area contributed by atoms with E-state index < -0.39 is 0 Å². The van der Waals surface area contributed by atoms with Gasteiger partial charge in [-0.05, 0) is 25.6 Å². The van der Waals surface area contributed by atoms with Gasteiger partial charge in [-0.25, -0.2) is 0 Å². The Hall–Kier alpha value is -1.32. The van der Waals surface area contributed by atoms with Crippen LogP contribution in [0.2, 0.25) is 0 Å². The second-order valence-electron chi connectivity index (χ2n) is 4.67. The van der Waals surface area contributed by atoms with Gasteiger partial charge >= 0.3 is 0 Å². The van der Waals surface area contributed by atoms with Gasteiger partial charge in [0.05, 0.1) is 0 Å². The van der Waals surface area contributed by atoms with Gasteiger partial charge in [0.25, 0.3) is 0 Å². The summed E-state index contributed by atoms with van der Waals surface area (Å²) in [5, 5.41) is 1.36. The molecule has 0 radical (unpaired) electrons. The third-order valence-corrected chi connectivity index (χ3v) is 3.47. The van der Waals surface area contributed by atoms with Gasteiger partial charge in [0.1, 0.15) is 0 Å². The summed E-state index contributed by atoms with van der Waals surface area (Å²) in [6, 6.07) is 8.58. The maximum Gasteiger partial charge on any atom is 0.0483 e. The van der Waals surface area contributed by atoms with Crippen molar-refractivity contribution in [2.45, 2.75) is 13.5 Å². The summed E-state index contributed by atoms with van der Waals surface area (Å²) >= 11 is 0. The number of aryl methyl sites for hydroxylation is 1. The molecule has 0 fully saturated rings. The maximum atomic E-state index is 5.59. The topological polar surface area (TPSA) is 34.2 Å². The third kappa shape index (κ3) is 2.21. The number of hydrogen-bond donors (Lipinski definition) is 1. The molecule has 2 aromatic rings. The van der Waals surface area contributed by atoms with Crippen LogP contribution in [-0.2, 0) is 13.6 Å². The maximum absolute atomic E-state index is 5.59. The van der Waals surface area contributed by atoms with Gasteiger partial charge in [-0.3, -0.25) is 0 Å². The molecular weight excluding hydrogens is 210 g/mol. The van der Waals surface area contributed by atoms with Crippen LogP contribution in [0.4, 0.5) is 0 Å². The summed E-state index contributed by atoms with van der Waals surface area (Å²) in [5.74, 6) is 0. The molecule has 3 nitrogen and oxygen atoms in total. The van der Waals surface area contributed by atoms with Crippen LogP contribution in [-0.4, -0.2) is 29.6 Å². The van der Waals surface area contributed by atoms with E-state index in [1.54, 1.807) is 0 Å². The van der Waals surface area contributed by atoms with Crippen molar-refractivity contribution in [3.8, 4) is 0 Å². The van der Waals surface area contributed by atoms with E-state index in [0.29, 0.717) is 6.54 Å². The van der Waals surface area contributed by atoms with Crippen LogP contribution >= 0.6 is 0 Å². The zero-order valence-corrected chi connectivity index (χ0v) is 10.9. The average molecular weight is 231 g/mol. The number of nitrogens with two attached hydrogens (primary N) is 1. The molecule has 3 heteroatoms. The number of fused-ring (bicyclic) bond motifs is 1. The zero-order chi connectivity index (χ0) is 12.4. The molecule has 17 heavy (non-hydrogen) atoms. The van der Waals surface area contributed by atoms with E-state index in [1.807, 2.05) is 0 Å². The zero-order valence-electron chi connectivity index (χ0n) is 10.9. The minimum absolute atomic E-state index is 0.709. The standard InChI is InChI=1S/C14H21N3/c1-11-13(10-16(2)9-8-15)12-6-4-5-7-14(12)17(11)3/h4-7H,8-10,15H2,1-3H3. The predicted octanol–water partition coefficient (Wildman–Crippen LogP) is 1.88. The van der Waals surface area contributed by atoms with E-state index in [9.17, 15) is 0 Å². The Balaban J connectivity index is 2.42. The van der Waals surface area contributed by atoms with Gasteiger partial charge in [-0.1, -0.05) is 18.2 Å². The van der Waals surface area contributed by atoms with Gasteiger partial charge in [0, 0.05) is 43.3 Å². The van der Waals surface area contributed by atoms with E-state index in [1.165, 1.54) is 22.2 Å². The fourth-order valence-corrected chi connectivity index (χ4v) is 2.37. The molecule has 0 saturated carbocycles. The van der Waals surface area contributed by atoms with Crippen LogP contribution in [0.5, 0.6) is 0 Å². The first-order chi connectivity index (χ1) is 8.15. The highest BCUT2D eigenvalue weighted by Gasteiger charge is 2.12. The number of nitrogens with zero attached hydrogens (tertiary/aromatic N) is 2. The van der Waals surface area contributed by atoms with Crippen LogP contribution in [0.3, 0.4) is 0 Å². The highest BCUT2D eigenvalue weighted by molar-refractivity contribution is 5.85. The molecule has 1 heterocycles. The molecule has 0 unspecified atom stereocenters. The van der Waals surface area contributed by atoms with Crippen molar-refractivity contribution in [3.63, 3.8) is 0 Å². The highest BCUT2D eigenvalue weighted by Crippen LogP contribution is 2.25. The van der Waals surface area contributed by atoms with Gasteiger partial charge in [0.15, 0.2) is 0 Å². The first kappa shape index (κ1) is 12.1. The molecule has 0 spiro atoms. The highest BCUT2D eigenvalue weighted by atomic mass is 15.1. The first-order valence-corrected chi connectivity index (χ1v) is 6.06. The number of aromatic nitrogens is 1. The van der Waals surface area contributed by atoms with E-state index in [-0.39, 0.29) is 0 Å². The Morgan fingerprint density at radius 3 is 2.71 bits per heavy atom. The van der Waals surface area contributed by atoms with E-state index in [0.717, 1.165) is 13.1 Å². The molecule has 0 aliphatic rings. The molecule has 2 rings (SSSR count). The molecule has 0 atom stereocenters. The lowest BCUT2D eigenvalue weighted by Crippen LogP contribution is -2.25. The number of rotatable bonds is 4. The largest absolute Gasteiger partial charge is 0.348 e. The lowest BCUT2D eigenvalue weighted by atomic mass is 10.1. The number of benzene rings is 1. The van der Waals surface area contributed by atoms with Crippen LogP contribution in [0.25, 0.3) is 10.9 Å². The van der Waals surface area contributed by atoms with Crippen LogP contribution in [0.1, 0.15) is 11.3 Å². The SMILES string of the molecule is Cc1c(CN(C)CCN)c2ccccc2n1C. The van der Waals surface area contributed by atoms with Crippen molar-refractivity contribution < 1.29 is 0 Å². The number of para-hydroxylation sites is 1. The van der Waals surface area contributed by atoms with E-state index in [2.05, 4.69) is 54.8 Å². The van der Waals surface area contributed by atoms with E-state index in [4.69, 9.17) is 5.73 Å². The molecule has 2 N–H and O–H groups in total. The normalized spacial score (nSPS) is 11.6. The Bertz CT molecular complexity index is 513. The van der Waals surface area contributed by atoms with Crippen molar-refractivity contribution in [1.82, 2.24) is 9.47 Å². The van der Waals surface area contributed by atoms with Gasteiger partial charge in [0.2, 0.25) is 0 Å². The number of likely N-dealkylation sites (N-methyl/N-ethyl adjacent to an activating group) is 1. The lowest BCUT2D eigenvalue weighted by molar-refractivity contribution is 0.336. The molecule has 0 aliphatic heterocycles. The molecule has 1 aromatic heterocycles. The molecular formula is C14H21N3. The van der Waals surface area contributed by atoms with Crippen LogP contribution < -0.4 is 5.73 Å². The second-order valence-corrected chi connectivity index (χ2v) is 4.67. The molecule has 0 saturated heterocycles. The summed E-state index contributed by atoms with van der Waals surface area (Å²) in [5.41, 5.74) is 9.66. The minimum Gasteiger partial charge on any atom is -0.348 e. The Morgan fingerprint density at radius 1 is 1.29 bits per heavy atom. The smallest absolute Gasteiger partial charge is 0.0483 e. The van der Waals surface area contributed by atoms with Gasteiger partial charge < -0.3 is 15.2 Å².